The summed E-state index contributed by atoms with van der Waals surface area (Å²) in [7, 11) is 0. The zero-order valence-electron chi connectivity index (χ0n) is 15.8. The maximum Gasteiger partial charge on any atom is 0.282 e. The van der Waals surface area contributed by atoms with Gasteiger partial charge in [-0.1, -0.05) is 42.0 Å². The first-order chi connectivity index (χ1) is 13.5. The summed E-state index contributed by atoms with van der Waals surface area (Å²) in [5.41, 5.74) is 5.44. The van der Waals surface area contributed by atoms with Crippen LogP contribution in [0, 0.1) is 13.8 Å². The predicted molar refractivity (Wildman–Crippen MR) is 112 cm³/mol. The van der Waals surface area contributed by atoms with Crippen molar-refractivity contribution in [3.05, 3.63) is 65.0 Å². The van der Waals surface area contributed by atoms with Crippen LogP contribution in [0.1, 0.15) is 18.1 Å². The Labute approximate surface area is 167 Å². The molecule has 7 heteroatoms. The van der Waals surface area contributed by atoms with E-state index in [1.165, 1.54) is 21.9 Å². The van der Waals surface area contributed by atoms with Crippen molar-refractivity contribution in [3.8, 4) is 11.3 Å². The van der Waals surface area contributed by atoms with Gasteiger partial charge in [-0.3, -0.25) is 4.79 Å². The van der Waals surface area contributed by atoms with Gasteiger partial charge >= 0.3 is 0 Å². The minimum absolute atomic E-state index is 0.237. The highest BCUT2D eigenvalue weighted by molar-refractivity contribution is 7.14. The molecule has 0 aliphatic carbocycles. The molecule has 2 aromatic carbocycles. The molecule has 1 aliphatic heterocycles. The molecule has 1 aromatic heterocycles. The van der Waals surface area contributed by atoms with Crippen LogP contribution in [0.15, 0.2) is 69.2 Å². The topological polar surface area (TPSA) is 70.3 Å². The van der Waals surface area contributed by atoms with E-state index in [0.717, 1.165) is 22.5 Å². The summed E-state index contributed by atoms with van der Waals surface area (Å²) in [5, 5.41) is 16.6. The third-order valence-corrected chi connectivity index (χ3v) is 5.22. The van der Waals surface area contributed by atoms with E-state index in [4.69, 9.17) is 0 Å². The average Bonchev–Trinajstić information content (AvgIpc) is 3.26. The number of hydrogen-bond acceptors (Lipinski definition) is 6. The first kappa shape index (κ1) is 18.2. The molecule has 1 atom stereocenters. The zero-order chi connectivity index (χ0) is 19.7. The first-order valence-corrected chi connectivity index (χ1v) is 9.78. The lowest BCUT2D eigenvalue weighted by Gasteiger charge is -2.08. The smallest absolute Gasteiger partial charge is 0.269 e. The maximum absolute atomic E-state index is 12.8. The van der Waals surface area contributed by atoms with E-state index in [1.54, 1.807) is 6.92 Å². The van der Waals surface area contributed by atoms with Crippen molar-refractivity contribution < 1.29 is 4.79 Å². The Morgan fingerprint density at radius 2 is 1.82 bits per heavy atom. The number of hydrogen-bond donors (Lipinski definition) is 0. The van der Waals surface area contributed by atoms with E-state index in [-0.39, 0.29) is 5.91 Å². The van der Waals surface area contributed by atoms with E-state index in [0.29, 0.717) is 10.8 Å². The Morgan fingerprint density at radius 3 is 2.57 bits per heavy atom. The van der Waals surface area contributed by atoms with Crippen molar-refractivity contribution in [2.24, 2.45) is 15.3 Å². The minimum atomic E-state index is -0.716. The molecule has 3 aromatic rings. The van der Waals surface area contributed by atoms with Gasteiger partial charge in [0, 0.05) is 10.9 Å². The largest absolute Gasteiger partial charge is 0.282 e. The predicted octanol–water partition coefficient (Wildman–Crippen LogP) is 5.30. The van der Waals surface area contributed by atoms with Crippen molar-refractivity contribution in [3.63, 3.8) is 0 Å². The summed E-state index contributed by atoms with van der Waals surface area (Å²) < 4.78 is 0. The van der Waals surface area contributed by atoms with Gasteiger partial charge < -0.3 is 0 Å². The molecule has 0 spiro atoms. The number of carbonyl (C=O) groups is 1. The van der Waals surface area contributed by atoms with Gasteiger partial charge in [-0.15, -0.1) is 11.3 Å². The van der Waals surface area contributed by atoms with Gasteiger partial charge in [0.15, 0.2) is 6.04 Å². The molecular weight excluding hydrogens is 370 g/mol. The van der Waals surface area contributed by atoms with Crippen molar-refractivity contribution in [2.45, 2.75) is 26.8 Å². The number of azo groups is 1. The fraction of sp³-hybridized carbons (Fsp3) is 0.190. The highest BCUT2D eigenvalue weighted by atomic mass is 32.1. The highest BCUT2D eigenvalue weighted by Gasteiger charge is 2.36. The monoisotopic (exact) mass is 389 g/mol. The van der Waals surface area contributed by atoms with Gasteiger partial charge in [-0.25, -0.2) is 4.98 Å². The van der Waals surface area contributed by atoms with Crippen LogP contribution in [0.3, 0.4) is 0 Å². The molecule has 0 saturated carbocycles. The normalized spacial score (nSPS) is 16.8. The van der Waals surface area contributed by atoms with Crippen LogP contribution in [0.4, 0.5) is 10.8 Å². The third-order valence-electron chi connectivity index (χ3n) is 4.41. The number of aromatic nitrogens is 1. The van der Waals surface area contributed by atoms with Crippen LogP contribution in [-0.2, 0) is 4.79 Å². The molecule has 4 rings (SSSR count). The summed E-state index contributed by atoms with van der Waals surface area (Å²) >= 11 is 1.38. The summed E-state index contributed by atoms with van der Waals surface area (Å²) in [5.74, 6) is -0.237. The molecule has 1 amide bonds. The maximum atomic E-state index is 12.8. The van der Waals surface area contributed by atoms with Gasteiger partial charge in [0.25, 0.3) is 5.91 Å². The lowest BCUT2D eigenvalue weighted by molar-refractivity contribution is -0.117. The molecule has 0 radical (unpaired) electrons. The minimum Gasteiger partial charge on any atom is -0.269 e. The molecular formula is C21H19N5OS. The number of aryl methyl sites for hydroxylation is 2. The molecule has 28 heavy (non-hydrogen) atoms. The van der Waals surface area contributed by atoms with Gasteiger partial charge in [0.2, 0.25) is 5.13 Å². The average molecular weight is 389 g/mol. The van der Waals surface area contributed by atoms with Crippen molar-refractivity contribution in [1.82, 2.24) is 4.98 Å². The molecule has 0 saturated heterocycles. The van der Waals surface area contributed by atoms with E-state index >= 15 is 0 Å². The van der Waals surface area contributed by atoms with Gasteiger partial charge in [-0.05, 0) is 38.5 Å². The summed E-state index contributed by atoms with van der Waals surface area (Å²) in [4.78, 5) is 17.4. The molecule has 6 nitrogen and oxygen atoms in total. The number of amides is 1. The summed E-state index contributed by atoms with van der Waals surface area (Å²) in [6.07, 6.45) is 0. The van der Waals surface area contributed by atoms with Crippen LogP contribution in [0.5, 0.6) is 0 Å². The molecule has 0 fully saturated rings. The lowest BCUT2D eigenvalue weighted by Crippen LogP contribution is -2.29. The van der Waals surface area contributed by atoms with Crippen LogP contribution in [-0.4, -0.2) is 22.6 Å². The van der Waals surface area contributed by atoms with E-state index in [1.807, 2.05) is 67.8 Å². The Hall–Kier alpha value is -3.19. The molecule has 140 valence electrons. The first-order valence-electron chi connectivity index (χ1n) is 8.90. The second kappa shape index (κ2) is 7.44. The van der Waals surface area contributed by atoms with Gasteiger partial charge in [-0.2, -0.15) is 20.3 Å². The second-order valence-corrected chi connectivity index (χ2v) is 7.57. The van der Waals surface area contributed by atoms with Gasteiger partial charge in [0.1, 0.15) is 0 Å². The number of anilines is 1. The Morgan fingerprint density at radius 1 is 1.04 bits per heavy atom. The Bertz CT molecular complexity index is 1080. The Kier molecular flexibility index (Phi) is 4.83. The number of thiazole rings is 1. The fourth-order valence-corrected chi connectivity index (χ4v) is 3.65. The number of rotatable bonds is 4. The third kappa shape index (κ3) is 3.61. The van der Waals surface area contributed by atoms with Crippen molar-refractivity contribution in [1.29, 1.82) is 0 Å². The number of hydrazone groups is 1. The number of nitrogens with zero attached hydrogens (tertiary/aromatic N) is 5. The quantitative estimate of drug-likeness (QED) is 0.568. The fourth-order valence-electron chi connectivity index (χ4n) is 2.86. The lowest BCUT2D eigenvalue weighted by atomic mass is 10.1. The van der Waals surface area contributed by atoms with Crippen molar-refractivity contribution in [2.75, 3.05) is 5.01 Å². The van der Waals surface area contributed by atoms with Crippen LogP contribution in [0.25, 0.3) is 11.3 Å². The SMILES string of the molecule is CC1=NN(c2nc(-c3ccc(C)cc3)cs2)C(=O)[C@H]1N=Nc1cccc(C)c1. The zero-order valence-corrected chi connectivity index (χ0v) is 16.6. The van der Waals surface area contributed by atoms with E-state index in [2.05, 4.69) is 20.3 Å². The van der Waals surface area contributed by atoms with Gasteiger partial charge in [0.05, 0.1) is 17.1 Å². The van der Waals surface area contributed by atoms with Crippen molar-refractivity contribution >= 4 is 33.8 Å². The standard InChI is InChI=1S/C21H19N5OS/c1-13-7-9-16(10-8-13)18-12-28-21(22-18)26-20(27)19(15(3)25-26)24-23-17-6-4-5-14(2)11-17/h4-12,19H,1-3H3/t19-/m0/s1. The Balaban J connectivity index is 1.54. The van der Waals surface area contributed by atoms with E-state index < -0.39 is 6.04 Å². The highest BCUT2D eigenvalue weighted by Crippen LogP contribution is 2.30. The van der Waals surface area contributed by atoms with Crippen LogP contribution in [0.2, 0.25) is 0 Å². The molecule has 0 N–H and O–H groups in total. The van der Waals surface area contributed by atoms with E-state index in [9.17, 15) is 4.79 Å². The van der Waals surface area contributed by atoms with Crippen LogP contribution >= 0.6 is 11.3 Å². The molecule has 2 heterocycles. The molecule has 0 unspecified atom stereocenters. The van der Waals surface area contributed by atoms with Crippen LogP contribution < -0.4 is 5.01 Å². The molecule has 1 aliphatic rings. The summed E-state index contributed by atoms with van der Waals surface area (Å²) in [6.45, 7) is 5.82. The number of carbonyl (C=O) groups excluding carboxylic acids is 1. The number of benzene rings is 2. The summed E-state index contributed by atoms with van der Waals surface area (Å²) in [6, 6.07) is 15.1. The second-order valence-electron chi connectivity index (χ2n) is 6.73. The molecule has 0 bridgehead atoms.